The third kappa shape index (κ3) is 3.64. The number of fused-ring (bicyclic) bond motifs is 1. The molecule has 6 nitrogen and oxygen atoms in total. The summed E-state index contributed by atoms with van der Waals surface area (Å²) in [5.74, 6) is -2.29. The molecule has 1 saturated carbocycles. The van der Waals surface area contributed by atoms with E-state index in [1.807, 2.05) is 0 Å². The summed E-state index contributed by atoms with van der Waals surface area (Å²) in [6, 6.07) is 8.08. The second-order valence-corrected chi connectivity index (χ2v) is 11.3. The van der Waals surface area contributed by atoms with Crippen LogP contribution in [0.25, 0.3) is 0 Å². The number of halogens is 3. The molecule has 162 valence electrons. The molecular formula is C19H17ClF2O6S2. The maximum absolute atomic E-state index is 14.8. The predicted octanol–water partition coefficient (Wildman–Crippen LogP) is 3.75. The summed E-state index contributed by atoms with van der Waals surface area (Å²) in [5, 5.41) is 0.322. The maximum atomic E-state index is 14.8. The van der Waals surface area contributed by atoms with E-state index in [1.165, 1.54) is 24.3 Å². The van der Waals surface area contributed by atoms with Crippen molar-refractivity contribution in [3.05, 3.63) is 64.7 Å². The largest absolute Gasteiger partial charge is 0.400 e. The van der Waals surface area contributed by atoms with Crippen molar-refractivity contribution in [3.63, 3.8) is 0 Å². The molecule has 1 heterocycles. The molecule has 30 heavy (non-hydrogen) atoms. The van der Waals surface area contributed by atoms with Crippen molar-refractivity contribution in [1.82, 2.24) is 0 Å². The van der Waals surface area contributed by atoms with Gasteiger partial charge in [-0.2, -0.15) is 8.42 Å². The second kappa shape index (κ2) is 7.52. The first-order valence-electron chi connectivity index (χ1n) is 9.07. The Bertz CT molecular complexity index is 1180. The van der Waals surface area contributed by atoms with Gasteiger partial charge in [0.15, 0.2) is 9.84 Å². The van der Waals surface area contributed by atoms with E-state index in [0.717, 1.165) is 18.2 Å². The lowest BCUT2D eigenvalue weighted by Gasteiger charge is -2.45. The molecule has 2 fully saturated rings. The number of hydrogen-bond donors (Lipinski definition) is 0. The summed E-state index contributed by atoms with van der Waals surface area (Å²) in [5.41, 5.74) is -0.302. The van der Waals surface area contributed by atoms with Crippen molar-refractivity contribution >= 4 is 31.8 Å². The molecule has 0 bridgehead atoms. The minimum atomic E-state index is -4.24. The zero-order valence-electron chi connectivity index (χ0n) is 15.4. The highest BCUT2D eigenvalue weighted by Gasteiger charge is 2.55. The van der Waals surface area contributed by atoms with Gasteiger partial charge in [-0.3, -0.25) is 0 Å². The minimum absolute atomic E-state index is 0.00995. The molecule has 2 aromatic carbocycles. The summed E-state index contributed by atoms with van der Waals surface area (Å²) in [6.45, 7) is -0.304. The maximum Gasteiger partial charge on any atom is 0.400 e. The van der Waals surface area contributed by atoms with Gasteiger partial charge >= 0.3 is 10.4 Å². The van der Waals surface area contributed by atoms with E-state index in [9.17, 15) is 25.6 Å². The van der Waals surface area contributed by atoms with Gasteiger partial charge in [0.05, 0.1) is 17.6 Å². The fourth-order valence-electron chi connectivity index (χ4n) is 4.23. The molecular weight excluding hydrogens is 462 g/mol. The van der Waals surface area contributed by atoms with Gasteiger partial charge in [-0.05, 0) is 61.7 Å². The molecule has 4 rings (SSSR count). The Morgan fingerprint density at radius 1 is 1.10 bits per heavy atom. The summed E-state index contributed by atoms with van der Waals surface area (Å²) in [7, 11) is -8.40. The van der Waals surface area contributed by atoms with Crippen molar-refractivity contribution in [3.8, 4) is 0 Å². The van der Waals surface area contributed by atoms with Crippen LogP contribution in [0.15, 0.2) is 47.4 Å². The normalized spacial score (nSPS) is 28.6. The standard InChI is InChI=1S/C19H17ClF2O6S2/c20-13-1-4-15(5-2-13)29(23,24)19(16-9-14(21)3-6-17(16)22)8-7-18-12(10-19)11-27-30(25,26)28-18/h1-6,9,12,18H,7-8,10-11H2. The van der Waals surface area contributed by atoms with Crippen LogP contribution in [0.1, 0.15) is 24.8 Å². The summed E-state index contributed by atoms with van der Waals surface area (Å²) < 4.78 is 87.5. The van der Waals surface area contributed by atoms with Crippen molar-refractivity contribution in [1.29, 1.82) is 0 Å². The van der Waals surface area contributed by atoms with Crippen LogP contribution < -0.4 is 0 Å². The molecule has 0 aromatic heterocycles. The van der Waals surface area contributed by atoms with Gasteiger partial charge in [0.25, 0.3) is 0 Å². The first-order chi connectivity index (χ1) is 14.0. The topological polar surface area (TPSA) is 86.7 Å². The second-order valence-electron chi connectivity index (χ2n) is 7.41. The predicted molar refractivity (Wildman–Crippen MR) is 104 cm³/mol. The molecule has 1 aliphatic carbocycles. The Balaban J connectivity index is 1.87. The fraction of sp³-hybridized carbons (Fsp3) is 0.368. The summed E-state index contributed by atoms with van der Waals surface area (Å²) >= 11 is 5.87. The van der Waals surface area contributed by atoms with Crippen LogP contribution >= 0.6 is 11.6 Å². The molecule has 2 aromatic rings. The van der Waals surface area contributed by atoms with Crippen molar-refractivity contribution < 1.29 is 34.0 Å². The lowest BCUT2D eigenvalue weighted by atomic mass is 9.75. The molecule has 3 unspecified atom stereocenters. The van der Waals surface area contributed by atoms with E-state index in [1.54, 1.807) is 0 Å². The highest BCUT2D eigenvalue weighted by Crippen LogP contribution is 2.51. The zero-order chi connectivity index (χ0) is 21.7. The van der Waals surface area contributed by atoms with E-state index in [4.69, 9.17) is 20.0 Å². The van der Waals surface area contributed by atoms with E-state index in [-0.39, 0.29) is 36.3 Å². The zero-order valence-corrected chi connectivity index (χ0v) is 17.8. The smallest absolute Gasteiger partial charge is 0.248 e. The van der Waals surface area contributed by atoms with Crippen LogP contribution in [0.5, 0.6) is 0 Å². The van der Waals surface area contributed by atoms with Gasteiger partial charge in [-0.1, -0.05) is 11.6 Å². The van der Waals surface area contributed by atoms with E-state index < -0.39 is 48.6 Å². The summed E-state index contributed by atoms with van der Waals surface area (Å²) in [6.07, 6.45) is -1.14. The van der Waals surface area contributed by atoms with Gasteiger partial charge in [0, 0.05) is 16.5 Å². The van der Waals surface area contributed by atoms with Gasteiger partial charge in [-0.15, -0.1) is 0 Å². The Morgan fingerprint density at radius 2 is 1.80 bits per heavy atom. The lowest BCUT2D eigenvalue weighted by Crippen LogP contribution is -2.50. The quantitative estimate of drug-likeness (QED) is 0.667. The molecule has 0 radical (unpaired) electrons. The Morgan fingerprint density at radius 3 is 2.50 bits per heavy atom. The summed E-state index contributed by atoms with van der Waals surface area (Å²) in [4.78, 5) is -0.0979. The molecule has 3 atom stereocenters. The number of hydrogen-bond acceptors (Lipinski definition) is 6. The van der Waals surface area contributed by atoms with Crippen LogP contribution in [0.4, 0.5) is 8.78 Å². The Kier molecular flexibility index (Phi) is 5.43. The molecule has 0 amide bonds. The number of benzene rings is 2. The van der Waals surface area contributed by atoms with Gasteiger partial charge in [-0.25, -0.2) is 25.6 Å². The highest BCUT2D eigenvalue weighted by molar-refractivity contribution is 7.92. The lowest BCUT2D eigenvalue weighted by molar-refractivity contribution is -0.00119. The minimum Gasteiger partial charge on any atom is -0.248 e. The van der Waals surface area contributed by atoms with Gasteiger partial charge < -0.3 is 0 Å². The van der Waals surface area contributed by atoms with E-state index in [2.05, 4.69) is 0 Å². The SMILES string of the molecule is O=S1(=O)OCC2CC(c3cc(F)ccc3F)(S(=O)(=O)c3ccc(Cl)cc3)CCC2O1. The highest BCUT2D eigenvalue weighted by atomic mass is 35.5. The first-order valence-corrected chi connectivity index (χ1v) is 12.3. The molecule has 1 saturated heterocycles. The van der Waals surface area contributed by atoms with Crippen molar-refractivity contribution in [2.24, 2.45) is 5.92 Å². The fourth-order valence-corrected chi connectivity index (χ4v) is 7.52. The van der Waals surface area contributed by atoms with Crippen LogP contribution in [0.2, 0.25) is 5.02 Å². The van der Waals surface area contributed by atoms with Gasteiger partial charge in [0.1, 0.15) is 16.4 Å². The number of rotatable bonds is 3. The van der Waals surface area contributed by atoms with Crippen LogP contribution in [0, 0.1) is 17.6 Å². The van der Waals surface area contributed by atoms with E-state index in [0.29, 0.717) is 5.02 Å². The molecule has 1 aliphatic heterocycles. The first kappa shape index (κ1) is 21.6. The third-order valence-corrected chi connectivity index (χ3v) is 9.35. The molecule has 0 spiro atoms. The van der Waals surface area contributed by atoms with Gasteiger partial charge in [0.2, 0.25) is 0 Å². The van der Waals surface area contributed by atoms with E-state index >= 15 is 0 Å². The van der Waals surface area contributed by atoms with Crippen LogP contribution in [0.3, 0.4) is 0 Å². The van der Waals surface area contributed by atoms with Crippen molar-refractivity contribution in [2.45, 2.75) is 35.0 Å². The molecule has 11 heteroatoms. The van der Waals surface area contributed by atoms with Crippen molar-refractivity contribution in [2.75, 3.05) is 6.61 Å². The van der Waals surface area contributed by atoms with Crippen LogP contribution in [-0.2, 0) is 33.3 Å². The molecule has 0 N–H and O–H groups in total. The monoisotopic (exact) mass is 478 g/mol. The Labute approximate surface area is 178 Å². The third-order valence-electron chi connectivity index (χ3n) is 5.68. The average Bonchev–Trinajstić information content (AvgIpc) is 2.69. The molecule has 2 aliphatic rings. The Hall–Kier alpha value is -1.59. The van der Waals surface area contributed by atoms with Crippen LogP contribution in [-0.4, -0.2) is 29.5 Å². The number of sulfone groups is 1. The average molecular weight is 479 g/mol.